The molecule has 0 heterocycles. The quantitative estimate of drug-likeness (QED) is 0.794. The molecule has 5 heteroatoms. The number of aliphatic carboxylic acids is 1. The summed E-state index contributed by atoms with van der Waals surface area (Å²) in [7, 11) is 1.36. The predicted octanol–water partition coefficient (Wildman–Crippen LogP) is 3.51. The molecule has 0 aliphatic rings. The molecule has 0 atom stereocenters. The van der Waals surface area contributed by atoms with Gasteiger partial charge in [0.2, 0.25) is 0 Å². The van der Waals surface area contributed by atoms with Gasteiger partial charge in [-0.2, -0.15) is 0 Å². The van der Waals surface area contributed by atoms with Crippen LogP contribution < -0.4 is 5.32 Å². The number of carbonyl (C=O) groups is 2. The van der Waals surface area contributed by atoms with E-state index < -0.39 is 11.4 Å². The number of anilines is 2. The van der Waals surface area contributed by atoms with Crippen LogP contribution in [0.5, 0.6) is 0 Å². The number of para-hydroxylation sites is 1. The van der Waals surface area contributed by atoms with E-state index in [1.54, 1.807) is 13.8 Å². The number of rotatable bonds is 6. The molecule has 0 aromatic heterocycles. The number of carboxylic acids is 1. The highest BCUT2D eigenvalue weighted by atomic mass is 16.5. The molecule has 126 valence electrons. The molecule has 0 fully saturated rings. The van der Waals surface area contributed by atoms with Crippen LogP contribution in [0.3, 0.4) is 0 Å². The molecule has 0 saturated carbocycles. The first kappa shape index (κ1) is 17.5. The summed E-state index contributed by atoms with van der Waals surface area (Å²) in [6.07, 6.45) is 0.222. The summed E-state index contributed by atoms with van der Waals surface area (Å²) in [5, 5.41) is 12.7. The Morgan fingerprint density at radius 3 is 2.29 bits per heavy atom. The molecule has 24 heavy (non-hydrogen) atoms. The van der Waals surface area contributed by atoms with E-state index in [0.29, 0.717) is 5.56 Å². The molecule has 0 spiro atoms. The Labute approximate surface area is 141 Å². The smallest absolute Gasteiger partial charge is 0.313 e. The van der Waals surface area contributed by atoms with Crippen molar-refractivity contribution in [2.75, 3.05) is 12.4 Å². The monoisotopic (exact) mass is 327 g/mol. The van der Waals surface area contributed by atoms with Crippen molar-refractivity contribution in [1.82, 2.24) is 0 Å². The summed E-state index contributed by atoms with van der Waals surface area (Å²) in [6.45, 7) is 3.35. The number of carbonyl (C=O) groups excluding carboxylic acids is 1. The fourth-order valence-corrected chi connectivity index (χ4v) is 2.35. The van der Waals surface area contributed by atoms with E-state index in [2.05, 4.69) is 10.1 Å². The lowest BCUT2D eigenvalue weighted by atomic mass is 9.83. The number of carboxylic acid groups (broad SMARTS) is 1. The topological polar surface area (TPSA) is 75.6 Å². The van der Waals surface area contributed by atoms with E-state index in [1.807, 2.05) is 48.5 Å². The minimum atomic E-state index is -1.01. The maximum absolute atomic E-state index is 11.5. The van der Waals surface area contributed by atoms with Gasteiger partial charge in [0.05, 0.1) is 18.9 Å². The highest BCUT2D eigenvalue weighted by Gasteiger charge is 2.31. The van der Waals surface area contributed by atoms with Crippen LogP contribution >= 0.6 is 0 Å². The number of nitrogens with one attached hydrogen (secondary N) is 1. The van der Waals surface area contributed by atoms with Crippen molar-refractivity contribution in [2.45, 2.75) is 25.7 Å². The zero-order valence-electron chi connectivity index (χ0n) is 14.0. The molecule has 0 unspecified atom stereocenters. The summed E-state index contributed by atoms with van der Waals surface area (Å²) >= 11 is 0. The van der Waals surface area contributed by atoms with Crippen LogP contribution in [0, 0.1) is 0 Å². The molecule has 0 aliphatic heterocycles. The third-order valence-corrected chi connectivity index (χ3v) is 3.94. The molecule has 2 aromatic rings. The maximum atomic E-state index is 11.5. The lowest BCUT2D eigenvalue weighted by Crippen LogP contribution is -2.29. The second-order valence-corrected chi connectivity index (χ2v) is 6.05. The van der Waals surface area contributed by atoms with Crippen molar-refractivity contribution in [2.24, 2.45) is 0 Å². The van der Waals surface area contributed by atoms with Crippen LogP contribution in [0.1, 0.15) is 25.0 Å². The molecule has 5 nitrogen and oxygen atoms in total. The zero-order valence-corrected chi connectivity index (χ0v) is 14.0. The normalized spacial score (nSPS) is 11.0. The van der Waals surface area contributed by atoms with Crippen molar-refractivity contribution in [3.05, 3.63) is 59.7 Å². The van der Waals surface area contributed by atoms with Crippen molar-refractivity contribution in [3.63, 3.8) is 0 Å². The van der Waals surface area contributed by atoms with Crippen LogP contribution in [0.4, 0.5) is 11.4 Å². The van der Waals surface area contributed by atoms with Gasteiger partial charge in [-0.05, 0) is 43.2 Å². The van der Waals surface area contributed by atoms with Crippen molar-refractivity contribution in [3.8, 4) is 0 Å². The van der Waals surface area contributed by atoms with Crippen LogP contribution in [-0.2, 0) is 26.2 Å². The fraction of sp³-hybridized carbons (Fsp3) is 0.263. The van der Waals surface area contributed by atoms with Gasteiger partial charge in [0.1, 0.15) is 0 Å². The van der Waals surface area contributed by atoms with Crippen molar-refractivity contribution >= 4 is 23.3 Å². The first-order valence-corrected chi connectivity index (χ1v) is 7.60. The SMILES string of the molecule is COC(=O)Cc1ccc(Nc2ccccc2C(C)(C)C(=O)O)cc1. The highest BCUT2D eigenvalue weighted by molar-refractivity contribution is 5.84. The molecule has 0 bridgehead atoms. The van der Waals surface area contributed by atoms with Crippen LogP contribution in [-0.4, -0.2) is 24.2 Å². The maximum Gasteiger partial charge on any atom is 0.313 e. The Morgan fingerprint density at radius 2 is 1.71 bits per heavy atom. The lowest BCUT2D eigenvalue weighted by molar-refractivity contribution is -0.142. The zero-order chi connectivity index (χ0) is 17.7. The average Bonchev–Trinajstić information content (AvgIpc) is 2.56. The second-order valence-electron chi connectivity index (χ2n) is 6.05. The number of hydrogen-bond acceptors (Lipinski definition) is 4. The van der Waals surface area contributed by atoms with Gasteiger partial charge in [-0.25, -0.2) is 0 Å². The Bertz CT molecular complexity index is 735. The summed E-state index contributed by atoms with van der Waals surface area (Å²) in [5.41, 5.74) is 2.11. The van der Waals surface area contributed by atoms with E-state index in [0.717, 1.165) is 16.9 Å². The Morgan fingerprint density at radius 1 is 1.08 bits per heavy atom. The number of methoxy groups -OCH3 is 1. The number of hydrogen-bond donors (Lipinski definition) is 2. The van der Waals surface area contributed by atoms with E-state index in [1.165, 1.54) is 7.11 Å². The second kappa shape index (κ2) is 7.17. The van der Waals surface area contributed by atoms with E-state index in [9.17, 15) is 14.7 Å². The number of benzene rings is 2. The van der Waals surface area contributed by atoms with Crippen LogP contribution in [0.2, 0.25) is 0 Å². The summed E-state index contributed by atoms with van der Waals surface area (Å²) in [5.74, 6) is -1.17. The van der Waals surface area contributed by atoms with Crippen LogP contribution in [0.15, 0.2) is 48.5 Å². The van der Waals surface area contributed by atoms with E-state index in [4.69, 9.17) is 0 Å². The summed E-state index contributed by atoms with van der Waals surface area (Å²) in [6, 6.07) is 14.7. The van der Waals surface area contributed by atoms with Gasteiger partial charge < -0.3 is 15.2 Å². The molecule has 2 rings (SSSR count). The molecule has 2 N–H and O–H groups in total. The summed E-state index contributed by atoms with van der Waals surface area (Å²) < 4.78 is 4.65. The van der Waals surface area contributed by atoms with Gasteiger partial charge in [-0.3, -0.25) is 9.59 Å². The Hall–Kier alpha value is -2.82. The minimum absolute atomic E-state index is 0.222. The Kier molecular flexibility index (Phi) is 5.24. The predicted molar refractivity (Wildman–Crippen MR) is 92.5 cm³/mol. The lowest BCUT2D eigenvalue weighted by Gasteiger charge is -2.23. The van der Waals surface area contributed by atoms with Gasteiger partial charge in [0, 0.05) is 11.4 Å². The average molecular weight is 327 g/mol. The highest BCUT2D eigenvalue weighted by Crippen LogP contribution is 2.32. The summed E-state index contributed by atoms with van der Waals surface area (Å²) in [4.78, 5) is 22.8. The first-order chi connectivity index (χ1) is 11.3. The van der Waals surface area contributed by atoms with Crippen LogP contribution in [0.25, 0.3) is 0 Å². The van der Waals surface area contributed by atoms with Crippen molar-refractivity contribution in [1.29, 1.82) is 0 Å². The molecular formula is C19H21NO4. The third kappa shape index (κ3) is 3.93. The van der Waals surface area contributed by atoms with Gasteiger partial charge in [0.15, 0.2) is 0 Å². The molecule has 0 amide bonds. The molecule has 0 aliphatic carbocycles. The number of esters is 1. The minimum Gasteiger partial charge on any atom is -0.481 e. The largest absolute Gasteiger partial charge is 0.481 e. The Balaban J connectivity index is 2.23. The third-order valence-electron chi connectivity index (χ3n) is 3.94. The molecular weight excluding hydrogens is 306 g/mol. The van der Waals surface area contributed by atoms with Gasteiger partial charge in [-0.1, -0.05) is 30.3 Å². The van der Waals surface area contributed by atoms with E-state index in [-0.39, 0.29) is 12.4 Å². The number of ether oxygens (including phenoxy) is 1. The van der Waals surface area contributed by atoms with Crippen molar-refractivity contribution < 1.29 is 19.4 Å². The van der Waals surface area contributed by atoms with Gasteiger partial charge >= 0.3 is 11.9 Å². The molecule has 0 saturated heterocycles. The standard InChI is InChI=1S/C19H21NO4/c1-19(2,18(22)23)15-6-4-5-7-16(15)20-14-10-8-13(9-11-14)12-17(21)24-3/h4-11,20H,12H2,1-3H3,(H,22,23). The fourth-order valence-electron chi connectivity index (χ4n) is 2.35. The van der Waals surface area contributed by atoms with E-state index >= 15 is 0 Å². The molecule has 0 radical (unpaired) electrons. The molecule has 2 aromatic carbocycles. The van der Waals surface area contributed by atoms with Gasteiger partial charge in [-0.15, -0.1) is 0 Å². The first-order valence-electron chi connectivity index (χ1n) is 7.60. The van der Waals surface area contributed by atoms with Gasteiger partial charge in [0.25, 0.3) is 0 Å².